The third kappa shape index (κ3) is 5.09. The quantitative estimate of drug-likeness (QED) is 0.720. The minimum atomic E-state index is -0.107. The molecule has 3 aliphatic rings. The Morgan fingerprint density at radius 3 is 2.74 bits per heavy atom. The molecule has 0 radical (unpaired) electrons. The second-order valence-corrected chi connectivity index (χ2v) is 9.69. The highest BCUT2D eigenvalue weighted by atomic mass is 16.5. The Kier molecular flexibility index (Phi) is 6.92. The van der Waals surface area contributed by atoms with Gasteiger partial charge in [-0.15, -0.1) is 0 Å². The molecule has 0 saturated carbocycles. The van der Waals surface area contributed by atoms with Gasteiger partial charge in [0.25, 0.3) is 0 Å². The van der Waals surface area contributed by atoms with Crippen molar-refractivity contribution in [2.75, 3.05) is 26.2 Å². The first-order valence-electron chi connectivity index (χ1n) is 11.8. The van der Waals surface area contributed by atoms with Gasteiger partial charge in [0.05, 0.1) is 24.8 Å². The van der Waals surface area contributed by atoms with Crippen molar-refractivity contribution in [3.63, 3.8) is 0 Å². The molecule has 3 saturated heterocycles. The molecule has 1 aromatic heterocycles. The van der Waals surface area contributed by atoms with E-state index in [-0.39, 0.29) is 41.8 Å². The van der Waals surface area contributed by atoms with Gasteiger partial charge in [-0.25, -0.2) is 0 Å². The van der Waals surface area contributed by atoms with Gasteiger partial charge in [0.1, 0.15) is 0 Å². The summed E-state index contributed by atoms with van der Waals surface area (Å²) in [7, 11) is 0. The topological polar surface area (TPSA) is 74.8 Å². The Labute approximate surface area is 185 Å². The van der Waals surface area contributed by atoms with Crippen molar-refractivity contribution in [1.29, 1.82) is 0 Å². The van der Waals surface area contributed by atoms with Crippen LogP contribution in [0.4, 0.5) is 0 Å². The molecule has 1 aromatic rings. The Hall–Kier alpha value is -1.99. The summed E-state index contributed by atoms with van der Waals surface area (Å²) >= 11 is 0. The number of rotatable bonds is 7. The number of aromatic nitrogens is 1. The summed E-state index contributed by atoms with van der Waals surface area (Å²) in [6.45, 7) is 10.0. The predicted octanol–water partition coefficient (Wildman–Crippen LogP) is 2.13. The number of aryl methyl sites for hydroxylation is 1. The molecule has 0 bridgehead atoms. The summed E-state index contributed by atoms with van der Waals surface area (Å²) in [5, 5.41) is 3.04. The summed E-state index contributed by atoms with van der Waals surface area (Å²) in [4.78, 5) is 34.4. The lowest BCUT2D eigenvalue weighted by molar-refractivity contribution is -0.133. The average Bonchev–Trinajstić information content (AvgIpc) is 3.43. The minimum absolute atomic E-state index is 0.0890. The Morgan fingerprint density at radius 1 is 1.26 bits per heavy atom. The third-order valence-corrected chi connectivity index (χ3v) is 7.04. The molecule has 1 N–H and O–H groups in total. The van der Waals surface area contributed by atoms with Crippen molar-refractivity contribution in [2.45, 2.75) is 71.2 Å². The van der Waals surface area contributed by atoms with Crippen molar-refractivity contribution in [3.8, 4) is 0 Å². The van der Waals surface area contributed by atoms with Crippen molar-refractivity contribution in [1.82, 2.24) is 20.1 Å². The monoisotopic (exact) mass is 428 g/mol. The van der Waals surface area contributed by atoms with E-state index in [2.05, 4.69) is 28.2 Å². The first-order valence-corrected chi connectivity index (χ1v) is 11.8. The minimum Gasteiger partial charge on any atom is -0.376 e. The van der Waals surface area contributed by atoms with Gasteiger partial charge in [0.15, 0.2) is 0 Å². The lowest BCUT2D eigenvalue weighted by Crippen LogP contribution is -2.37. The smallest absolute Gasteiger partial charge is 0.225 e. The van der Waals surface area contributed by atoms with Crippen LogP contribution in [0.25, 0.3) is 0 Å². The number of carbonyl (C=O) groups is 2. The van der Waals surface area contributed by atoms with E-state index in [0.29, 0.717) is 19.4 Å². The summed E-state index contributed by atoms with van der Waals surface area (Å²) in [6, 6.07) is 4.41. The number of pyridine rings is 1. The molecule has 2 amide bonds. The van der Waals surface area contributed by atoms with Crippen molar-refractivity contribution >= 4 is 11.8 Å². The molecule has 7 nitrogen and oxygen atoms in total. The van der Waals surface area contributed by atoms with Crippen molar-refractivity contribution in [2.24, 2.45) is 11.8 Å². The van der Waals surface area contributed by atoms with E-state index >= 15 is 0 Å². The van der Waals surface area contributed by atoms with Crippen LogP contribution in [-0.4, -0.2) is 71.0 Å². The molecule has 4 heterocycles. The molecule has 0 aliphatic carbocycles. The highest BCUT2D eigenvalue weighted by Crippen LogP contribution is 2.42. The number of hydrogen-bond donors (Lipinski definition) is 1. The molecule has 3 fully saturated rings. The fourth-order valence-electron chi connectivity index (χ4n) is 5.56. The van der Waals surface area contributed by atoms with Gasteiger partial charge in [0.2, 0.25) is 11.8 Å². The molecule has 4 rings (SSSR count). The van der Waals surface area contributed by atoms with E-state index in [1.54, 1.807) is 0 Å². The standard InChI is InChI=1S/C24H36N4O3/c1-16(2)26-22(29)11-18-13-28(14-19-17(3)7-6-8-25-19)20-15-31-21(24(18)20)12-23(30)27-9-4-5-10-27/h6-8,16,18,20-21,24H,4-5,9-15H2,1-3H3,(H,26,29)/t18-,20-,21+,24-/m1/s1. The van der Waals surface area contributed by atoms with E-state index < -0.39 is 0 Å². The maximum Gasteiger partial charge on any atom is 0.225 e. The fraction of sp³-hybridized carbons (Fsp3) is 0.708. The van der Waals surface area contributed by atoms with Crippen LogP contribution in [0.3, 0.4) is 0 Å². The average molecular weight is 429 g/mol. The highest BCUT2D eigenvalue weighted by molar-refractivity contribution is 5.77. The van der Waals surface area contributed by atoms with Gasteiger partial charge in [-0.1, -0.05) is 6.07 Å². The predicted molar refractivity (Wildman–Crippen MR) is 118 cm³/mol. The molecular formula is C24H36N4O3. The number of ether oxygens (including phenoxy) is 1. The number of carbonyl (C=O) groups excluding carboxylic acids is 2. The fourth-order valence-corrected chi connectivity index (χ4v) is 5.56. The van der Waals surface area contributed by atoms with Gasteiger partial charge in [-0.2, -0.15) is 0 Å². The van der Waals surface area contributed by atoms with Gasteiger partial charge >= 0.3 is 0 Å². The van der Waals surface area contributed by atoms with E-state index in [9.17, 15) is 9.59 Å². The van der Waals surface area contributed by atoms with Crippen molar-refractivity contribution < 1.29 is 14.3 Å². The SMILES string of the molecule is Cc1cccnc1CN1C[C@@H](CC(=O)NC(C)C)[C@H]2[C@H](CC(=O)N3CCCC3)OC[C@H]21. The summed E-state index contributed by atoms with van der Waals surface area (Å²) in [5.74, 6) is 0.679. The molecule has 0 unspecified atom stereocenters. The number of amides is 2. The molecule has 0 spiro atoms. The van der Waals surface area contributed by atoms with Crippen LogP contribution >= 0.6 is 0 Å². The first kappa shape index (κ1) is 22.2. The maximum atomic E-state index is 12.8. The second-order valence-electron chi connectivity index (χ2n) is 9.69. The van der Waals surface area contributed by atoms with Crippen LogP contribution in [0, 0.1) is 18.8 Å². The van der Waals surface area contributed by atoms with Crippen LogP contribution in [-0.2, 0) is 20.9 Å². The summed E-state index contributed by atoms with van der Waals surface area (Å²) < 4.78 is 6.20. The van der Waals surface area contributed by atoms with Crippen LogP contribution in [0.1, 0.15) is 50.8 Å². The second kappa shape index (κ2) is 9.65. The van der Waals surface area contributed by atoms with Crippen LogP contribution in [0.2, 0.25) is 0 Å². The van der Waals surface area contributed by atoms with Crippen LogP contribution in [0.15, 0.2) is 18.3 Å². The summed E-state index contributed by atoms with van der Waals surface area (Å²) in [5.41, 5.74) is 2.25. The number of nitrogens with one attached hydrogen (secondary N) is 1. The van der Waals surface area contributed by atoms with Gasteiger partial charge in [0, 0.05) is 56.8 Å². The number of likely N-dealkylation sites (tertiary alicyclic amines) is 2. The van der Waals surface area contributed by atoms with Gasteiger partial charge in [-0.05, 0) is 51.2 Å². The Morgan fingerprint density at radius 2 is 2.03 bits per heavy atom. The number of nitrogens with zero attached hydrogens (tertiary/aromatic N) is 3. The van der Waals surface area contributed by atoms with Crippen LogP contribution < -0.4 is 5.32 Å². The zero-order valence-corrected chi connectivity index (χ0v) is 19.0. The number of hydrogen-bond acceptors (Lipinski definition) is 5. The van der Waals surface area contributed by atoms with E-state index in [0.717, 1.165) is 44.7 Å². The van der Waals surface area contributed by atoms with Crippen LogP contribution in [0.5, 0.6) is 0 Å². The first-order chi connectivity index (χ1) is 14.9. The van der Waals surface area contributed by atoms with E-state index in [1.165, 1.54) is 5.56 Å². The van der Waals surface area contributed by atoms with E-state index in [1.807, 2.05) is 31.0 Å². The third-order valence-electron chi connectivity index (χ3n) is 7.04. The number of fused-ring (bicyclic) bond motifs is 1. The summed E-state index contributed by atoms with van der Waals surface area (Å²) in [6.07, 6.45) is 4.84. The molecule has 170 valence electrons. The largest absolute Gasteiger partial charge is 0.376 e. The molecule has 4 atom stereocenters. The zero-order chi connectivity index (χ0) is 22.0. The normalized spacial score (nSPS) is 28.3. The highest BCUT2D eigenvalue weighted by Gasteiger charge is 2.51. The molecule has 3 aliphatic heterocycles. The van der Waals surface area contributed by atoms with Crippen molar-refractivity contribution in [3.05, 3.63) is 29.6 Å². The zero-order valence-electron chi connectivity index (χ0n) is 19.0. The molecule has 0 aromatic carbocycles. The maximum absolute atomic E-state index is 12.8. The molecule has 7 heteroatoms. The Bertz CT molecular complexity index is 793. The molecular weight excluding hydrogens is 392 g/mol. The van der Waals surface area contributed by atoms with Gasteiger partial charge in [-0.3, -0.25) is 19.5 Å². The lowest BCUT2D eigenvalue weighted by Gasteiger charge is -2.25. The van der Waals surface area contributed by atoms with E-state index in [4.69, 9.17) is 4.74 Å². The molecule has 31 heavy (non-hydrogen) atoms. The Balaban J connectivity index is 1.49. The lowest BCUT2D eigenvalue weighted by atomic mass is 9.84. The van der Waals surface area contributed by atoms with Gasteiger partial charge < -0.3 is 15.0 Å².